The van der Waals surface area contributed by atoms with Gasteiger partial charge in [0.2, 0.25) is 5.91 Å². The third-order valence-corrected chi connectivity index (χ3v) is 4.98. The van der Waals surface area contributed by atoms with Gasteiger partial charge in [0.1, 0.15) is 12.1 Å². The van der Waals surface area contributed by atoms with Gasteiger partial charge in [0.05, 0.1) is 11.0 Å². The van der Waals surface area contributed by atoms with Gasteiger partial charge in [0.15, 0.2) is 0 Å². The number of rotatable bonds is 5. The van der Waals surface area contributed by atoms with Crippen molar-refractivity contribution in [3.63, 3.8) is 0 Å². The molecule has 2 N–H and O–H groups in total. The van der Waals surface area contributed by atoms with Crippen LogP contribution in [0.4, 0.5) is 4.79 Å². The smallest absolute Gasteiger partial charge is 0.405 e. The van der Waals surface area contributed by atoms with Gasteiger partial charge >= 0.3 is 6.09 Å². The van der Waals surface area contributed by atoms with Crippen molar-refractivity contribution in [2.24, 2.45) is 13.0 Å². The third-order valence-electron chi connectivity index (χ3n) is 4.98. The van der Waals surface area contributed by atoms with Crippen LogP contribution in [0.5, 0.6) is 6.01 Å². The van der Waals surface area contributed by atoms with Crippen LogP contribution < -0.4 is 10.1 Å². The second-order valence-corrected chi connectivity index (χ2v) is 7.26. The van der Waals surface area contributed by atoms with Gasteiger partial charge < -0.3 is 20.1 Å². The summed E-state index contributed by atoms with van der Waals surface area (Å²) in [6.45, 7) is 4.75. The fraction of sp³-hybridized carbons (Fsp3) is 0.526. The summed E-state index contributed by atoms with van der Waals surface area (Å²) in [5.41, 5.74) is 1.90. The van der Waals surface area contributed by atoms with E-state index in [0.717, 1.165) is 11.0 Å². The first-order valence-electron chi connectivity index (χ1n) is 9.23. The highest BCUT2D eigenvalue weighted by Gasteiger charge is 2.32. The average molecular weight is 374 g/mol. The van der Waals surface area contributed by atoms with E-state index in [4.69, 9.17) is 9.84 Å². The van der Waals surface area contributed by atoms with Crippen molar-refractivity contribution in [3.05, 3.63) is 24.3 Å². The quantitative estimate of drug-likeness (QED) is 0.837. The zero-order valence-electron chi connectivity index (χ0n) is 15.9. The molecule has 8 nitrogen and oxygen atoms in total. The number of carbonyl (C=O) groups excluding carboxylic acids is 1. The predicted octanol–water partition coefficient (Wildman–Crippen LogP) is 2.24. The monoisotopic (exact) mass is 374 g/mol. The fourth-order valence-electron chi connectivity index (χ4n) is 3.42. The number of nitrogens with zero attached hydrogens (tertiary/aromatic N) is 3. The highest BCUT2D eigenvalue weighted by atomic mass is 16.5. The van der Waals surface area contributed by atoms with Gasteiger partial charge in [-0.05, 0) is 18.1 Å². The lowest BCUT2D eigenvalue weighted by Gasteiger charge is -2.34. The Hall–Kier alpha value is -2.77. The molecule has 0 radical (unpaired) electrons. The number of aromatic nitrogens is 2. The fourth-order valence-corrected chi connectivity index (χ4v) is 3.42. The number of piperidine rings is 1. The molecule has 3 rings (SSSR count). The Labute approximate surface area is 158 Å². The van der Waals surface area contributed by atoms with Crippen molar-refractivity contribution in [2.45, 2.75) is 38.8 Å². The van der Waals surface area contributed by atoms with Gasteiger partial charge in [0, 0.05) is 33.0 Å². The Balaban J connectivity index is 1.60. The van der Waals surface area contributed by atoms with Crippen LogP contribution >= 0.6 is 0 Å². The topological polar surface area (TPSA) is 96.7 Å². The SMILES string of the molecule is CC(C)[C@H](NC(=O)O)C(=O)N1CCC(Oc2nc3ccccc3n2C)CC1. The average Bonchev–Trinajstić information content (AvgIpc) is 2.95. The Morgan fingerprint density at radius 3 is 2.52 bits per heavy atom. The highest BCUT2D eigenvalue weighted by Crippen LogP contribution is 2.23. The lowest BCUT2D eigenvalue weighted by molar-refractivity contribution is -0.136. The Morgan fingerprint density at radius 1 is 1.26 bits per heavy atom. The first-order chi connectivity index (χ1) is 12.9. The van der Waals surface area contributed by atoms with Crippen molar-refractivity contribution in [3.8, 4) is 6.01 Å². The molecule has 0 bridgehead atoms. The number of nitrogens with one attached hydrogen (secondary N) is 1. The molecule has 8 heteroatoms. The van der Waals surface area contributed by atoms with Crippen molar-refractivity contribution in [1.29, 1.82) is 0 Å². The molecule has 1 aliphatic rings. The second kappa shape index (κ2) is 7.85. The van der Waals surface area contributed by atoms with Gasteiger partial charge in [-0.3, -0.25) is 9.36 Å². The maximum absolute atomic E-state index is 12.7. The molecule has 1 saturated heterocycles. The van der Waals surface area contributed by atoms with Crippen LogP contribution in [-0.4, -0.2) is 56.8 Å². The van der Waals surface area contributed by atoms with Gasteiger partial charge in [0.25, 0.3) is 6.01 Å². The standard InChI is InChI=1S/C19H26N4O4/c1-12(2)16(21-19(25)26)17(24)23-10-8-13(9-11-23)27-18-20-14-6-4-5-7-15(14)22(18)3/h4-7,12-13,16,21H,8-11H2,1-3H3,(H,25,26)/t16-/m0/s1. The summed E-state index contributed by atoms with van der Waals surface area (Å²) in [5.74, 6) is -0.281. The van der Waals surface area contributed by atoms with Gasteiger partial charge in [-0.1, -0.05) is 26.0 Å². The van der Waals surface area contributed by atoms with Crippen LogP contribution in [0.3, 0.4) is 0 Å². The highest BCUT2D eigenvalue weighted by molar-refractivity contribution is 5.85. The van der Waals surface area contributed by atoms with E-state index < -0.39 is 12.1 Å². The van der Waals surface area contributed by atoms with E-state index in [2.05, 4.69) is 10.3 Å². The molecule has 0 spiro atoms. The zero-order chi connectivity index (χ0) is 19.6. The lowest BCUT2D eigenvalue weighted by Crippen LogP contribution is -2.53. The first-order valence-corrected chi connectivity index (χ1v) is 9.23. The molecule has 27 heavy (non-hydrogen) atoms. The number of imidazole rings is 1. The molecule has 1 aromatic carbocycles. The van der Waals surface area contributed by atoms with Crippen LogP contribution in [0.2, 0.25) is 0 Å². The number of ether oxygens (including phenoxy) is 1. The molecular formula is C19H26N4O4. The molecule has 1 aliphatic heterocycles. The van der Waals surface area contributed by atoms with E-state index in [1.54, 1.807) is 4.90 Å². The molecule has 146 valence electrons. The van der Waals surface area contributed by atoms with Crippen molar-refractivity contribution in [1.82, 2.24) is 19.8 Å². The summed E-state index contributed by atoms with van der Waals surface area (Å²) in [5, 5.41) is 11.3. The maximum atomic E-state index is 12.7. The minimum atomic E-state index is -1.18. The largest absolute Gasteiger partial charge is 0.465 e. The van der Waals surface area contributed by atoms with E-state index in [-0.39, 0.29) is 17.9 Å². The predicted molar refractivity (Wildman–Crippen MR) is 101 cm³/mol. The number of hydrogen-bond donors (Lipinski definition) is 2. The van der Waals surface area contributed by atoms with Crippen molar-refractivity contribution in [2.75, 3.05) is 13.1 Å². The van der Waals surface area contributed by atoms with E-state index in [1.165, 1.54) is 0 Å². The molecule has 2 heterocycles. The molecule has 0 aliphatic carbocycles. The summed E-state index contributed by atoms with van der Waals surface area (Å²) >= 11 is 0. The third kappa shape index (κ3) is 4.15. The molecule has 1 fully saturated rings. The van der Waals surface area contributed by atoms with Crippen molar-refractivity contribution >= 4 is 23.0 Å². The summed E-state index contributed by atoms with van der Waals surface area (Å²) in [6, 6.07) is 7.71. The number of hydrogen-bond acceptors (Lipinski definition) is 4. The second-order valence-electron chi connectivity index (χ2n) is 7.26. The van der Waals surface area contributed by atoms with Crippen LogP contribution in [0.15, 0.2) is 24.3 Å². The van der Waals surface area contributed by atoms with Crippen LogP contribution in [0.1, 0.15) is 26.7 Å². The minimum absolute atomic E-state index is 0.0190. The van der Waals surface area contributed by atoms with Crippen LogP contribution in [-0.2, 0) is 11.8 Å². The molecular weight excluding hydrogens is 348 g/mol. The Bertz CT molecular complexity index is 824. The maximum Gasteiger partial charge on any atom is 0.405 e. The van der Waals surface area contributed by atoms with Gasteiger partial charge in [-0.25, -0.2) is 4.79 Å². The van der Waals surface area contributed by atoms with Crippen LogP contribution in [0.25, 0.3) is 11.0 Å². The molecule has 2 aromatic rings. The number of benzene rings is 1. The van der Waals surface area contributed by atoms with E-state index in [1.807, 2.05) is 49.7 Å². The summed E-state index contributed by atoms with van der Waals surface area (Å²) in [4.78, 5) is 29.9. The molecule has 0 unspecified atom stereocenters. The Morgan fingerprint density at radius 2 is 1.93 bits per heavy atom. The number of carbonyl (C=O) groups is 2. The number of fused-ring (bicyclic) bond motifs is 1. The number of carboxylic acid groups (broad SMARTS) is 1. The number of para-hydroxylation sites is 2. The normalized spacial score (nSPS) is 16.5. The first kappa shape index (κ1) is 19.0. The summed E-state index contributed by atoms with van der Waals surface area (Å²) in [7, 11) is 1.92. The van der Waals surface area contributed by atoms with E-state index >= 15 is 0 Å². The molecule has 1 aromatic heterocycles. The Kier molecular flexibility index (Phi) is 5.53. The molecule has 2 amide bonds. The summed E-state index contributed by atoms with van der Waals surface area (Å²) < 4.78 is 8.00. The zero-order valence-corrected chi connectivity index (χ0v) is 15.9. The number of aryl methyl sites for hydroxylation is 1. The summed E-state index contributed by atoms with van der Waals surface area (Å²) in [6.07, 6.45) is 0.177. The number of amides is 2. The van der Waals surface area contributed by atoms with Gasteiger partial charge in [-0.2, -0.15) is 4.98 Å². The molecule has 1 atom stereocenters. The van der Waals surface area contributed by atoms with Crippen molar-refractivity contribution < 1.29 is 19.4 Å². The number of likely N-dealkylation sites (tertiary alicyclic amines) is 1. The van der Waals surface area contributed by atoms with E-state index in [0.29, 0.717) is 31.9 Å². The van der Waals surface area contributed by atoms with E-state index in [9.17, 15) is 9.59 Å². The molecule has 0 saturated carbocycles. The van der Waals surface area contributed by atoms with Gasteiger partial charge in [-0.15, -0.1) is 0 Å². The lowest BCUT2D eigenvalue weighted by atomic mass is 10.0. The minimum Gasteiger partial charge on any atom is -0.465 e. The van der Waals surface area contributed by atoms with Crippen LogP contribution in [0, 0.1) is 5.92 Å².